The van der Waals surface area contributed by atoms with Crippen LogP contribution in [0.3, 0.4) is 0 Å². The van der Waals surface area contributed by atoms with Crippen LogP contribution in [0.1, 0.15) is 18.2 Å². The average molecular weight is 277 g/mol. The Morgan fingerprint density at radius 3 is 2.46 bits per heavy atom. The quantitative estimate of drug-likeness (QED) is 0.921. The summed E-state index contributed by atoms with van der Waals surface area (Å²) in [5.41, 5.74) is 5.41. The number of hydrogen-bond donors (Lipinski definition) is 1. The molecule has 0 aliphatic rings. The summed E-state index contributed by atoms with van der Waals surface area (Å²) in [6, 6.07) is 2.48. The van der Waals surface area contributed by atoms with E-state index in [1.807, 2.05) is 0 Å². The van der Waals surface area contributed by atoms with E-state index in [1.165, 1.54) is 0 Å². The molecular formula is C7H9BrClF2NO. The first-order valence-electron chi connectivity index (χ1n) is 3.38. The summed E-state index contributed by atoms with van der Waals surface area (Å²) in [6.45, 7) is 0. The van der Waals surface area contributed by atoms with Gasteiger partial charge in [-0.2, -0.15) is 0 Å². The molecule has 0 unspecified atom stereocenters. The van der Waals surface area contributed by atoms with Crippen LogP contribution < -0.4 is 5.73 Å². The lowest BCUT2D eigenvalue weighted by Gasteiger charge is -2.06. The van der Waals surface area contributed by atoms with Crippen molar-refractivity contribution in [2.75, 3.05) is 0 Å². The lowest BCUT2D eigenvalue weighted by molar-refractivity contribution is 0.124. The van der Waals surface area contributed by atoms with Crippen LogP contribution in [0.15, 0.2) is 21.2 Å². The summed E-state index contributed by atoms with van der Waals surface area (Å²) >= 11 is 3.06. The molecule has 1 aromatic heterocycles. The first kappa shape index (κ1) is 12.9. The average Bonchev–Trinajstić information content (AvgIpc) is 2.34. The summed E-state index contributed by atoms with van der Waals surface area (Å²) in [4.78, 5) is 0. The van der Waals surface area contributed by atoms with E-state index in [0.717, 1.165) is 0 Å². The molecule has 76 valence electrons. The Labute approximate surface area is 89.0 Å². The van der Waals surface area contributed by atoms with E-state index in [4.69, 9.17) is 10.2 Å². The van der Waals surface area contributed by atoms with Crippen molar-refractivity contribution in [3.05, 3.63) is 22.6 Å². The van der Waals surface area contributed by atoms with E-state index in [0.29, 0.717) is 10.4 Å². The molecule has 0 radical (unpaired) electrons. The highest BCUT2D eigenvalue weighted by atomic mass is 79.9. The van der Waals surface area contributed by atoms with Gasteiger partial charge in [0.1, 0.15) is 5.76 Å². The molecule has 6 heteroatoms. The maximum Gasteiger partial charge on any atom is 0.240 e. The molecule has 13 heavy (non-hydrogen) atoms. The fourth-order valence-corrected chi connectivity index (χ4v) is 1.15. The van der Waals surface area contributed by atoms with Crippen molar-refractivity contribution < 1.29 is 13.2 Å². The fraction of sp³-hybridized carbons (Fsp3) is 0.429. The lowest BCUT2D eigenvalue weighted by atomic mass is 10.2. The third-order valence-corrected chi connectivity index (χ3v) is 1.82. The number of halogens is 4. The monoisotopic (exact) mass is 275 g/mol. The van der Waals surface area contributed by atoms with Crippen LogP contribution >= 0.6 is 28.3 Å². The van der Waals surface area contributed by atoms with Crippen LogP contribution in [0.2, 0.25) is 0 Å². The number of rotatable bonds is 3. The summed E-state index contributed by atoms with van der Waals surface area (Å²) in [5.74, 6) is 0.377. The summed E-state index contributed by atoms with van der Waals surface area (Å²) in [5, 5.41) is 0. The van der Waals surface area contributed by atoms with Gasteiger partial charge in [0.25, 0.3) is 0 Å². The molecule has 1 aromatic rings. The molecule has 0 aromatic carbocycles. The molecule has 0 aliphatic heterocycles. The normalized spacial score (nSPS) is 12.7. The number of furan rings is 1. The van der Waals surface area contributed by atoms with E-state index in [9.17, 15) is 8.78 Å². The summed E-state index contributed by atoms with van der Waals surface area (Å²) in [7, 11) is 0. The van der Waals surface area contributed by atoms with Crippen LogP contribution in [-0.4, -0.2) is 6.43 Å². The van der Waals surface area contributed by atoms with Gasteiger partial charge in [-0.15, -0.1) is 12.4 Å². The molecule has 0 amide bonds. The van der Waals surface area contributed by atoms with Crippen molar-refractivity contribution >= 4 is 28.3 Å². The van der Waals surface area contributed by atoms with Crippen molar-refractivity contribution in [2.24, 2.45) is 5.73 Å². The van der Waals surface area contributed by atoms with Gasteiger partial charge in [-0.1, -0.05) is 0 Å². The van der Waals surface area contributed by atoms with Gasteiger partial charge in [-0.3, -0.25) is 0 Å². The maximum absolute atomic E-state index is 11.8. The molecule has 1 atom stereocenters. The highest BCUT2D eigenvalue weighted by molar-refractivity contribution is 9.10. The molecule has 0 spiro atoms. The van der Waals surface area contributed by atoms with Crippen molar-refractivity contribution in [1.29, 1.82) is 0 Å². The third-order valence-electron chi connectivity index (χ3n) is 1.39. The minimum atomic E-state index is -2.40. The largest absolute Gasteiger partial charge is 0.453 e. The molecule has 1 heterocycles. The van der Waals surface area contributed by atoms with E-state index in [-0.39, 0.29) is 18.8 Å². The molecule has 0 bridgehead atoms. The van der Waals surface area contributed by atoms with E-state index >= 15 is 0 Å². The van der Waals surface area contributed by atoms with Gasteiger partial charge in [0, 0.05) is 6.42 Å². The van der Waals surface area contributed by atoms with E-state index in [2.05, 4.69) is 15.9 Å². The zero-order valence-electron chi connectivity index (χ0n) is 6.54. The Morgan fingerprint density at radius 1 is 1.46 bits per heavy atom. The zero-order valence-corrected chi connectivity index (χ0v) is 8.95. The SMILES string of the molecule is Cl.N[C@H](CC(F)F)c1ccc(Br)o1. The standard InChI is InChI=1S/C7H8BrF2NO.ClH/c8-6-2-1-5(12-6)4(11)3-7(9)10;/h1-2,4,7H,3,11H2;1H/t4-;/m1./s1. The Hall–Kier alpha value is -0.130. The minimum Gasteiger partial charge on any atom is -0.453 e. The first-order valence-corrected chi connectivity index (χ1v) is 4.18. The van der Waals surface area contributed by atoms with E-state index in [1.54, 1.807) is 12.1 Å². The highest BCUT2D eigenvalue weighted by Gasteiger charge is 2.15. The Balaban J connectivity index is 0.00000144. The second-order valence-electron chi connectivity index (χ2n) is 2.38. The summed E-state index contributed by atoms with van der Waals surface area (Å²) in [6.07, 6.45) is -2.77. The van der Waals surface area contributed by atoms with Gasteiger partial charge in [-0.25, -0.2) is 8.78 Å². The van der Waals surface area contributed by atoms with Gasteiger partial charge < -0.3 is 10.2 Å². The fourth-order valence-electron chi connectivity index (χ4n) is 0.836. The van der Waals surface area contributed by atoms with Crippen LogP contribution in [-0.2, 0) is 0 Å². The van der Waals surface area contributed by atoms with Gasteiger partial charge in [-0.05, 0) is 28.1 Å². The molecule has 0 saturated carbocycles. The van der Waals surface area contributed by atoms with Gasteiger partial charge in [0.15, 0.2) is 4.67 Å². The maximum atomic E-state index is 11.8. The minimum absolute atomic E-state index is 0. The molecule has 0 saturated heterocycles. The Bertz CT molecular complexity index is 256. The topological polar surface area (TPSA) is 39.2 Å². The predicted octanol–water partition coefficient (Wildman–Crippen LogP) is 3.12. The van der Waals surface area contributed by atoms with Crippen LogP contribution in [0.5, 0.6) is 0 Å². The second kappa shape index (κ2) is 5.57. The van der Waals surface area contributed by atoms with Gasteiger partial charge in [0.2, 0.25) is 6.43 Å². The van der Waals surface area contributed by atoms with Crippen LogP contribution in [0.4, 0.5) is 8.78 Å². The molecule has 2 N–H and O–H groups in total. The number of hydrogen-bond acceptors (Lipinski definition) is 2. The first-order chi connectivity index (χ1) is 5.59. The Kier molecular flexibility index (Phi) is 5.51. The molecule has 0 fully saturated rings. The van der Waals surface area contributed by atoms with Crippen molar-refractivity contribution in [3.63, 3.8) is 0 Å². The van der Waals surface area contributed by atoms with Crippen LogP contribution in [0.25, 0.3) is 0 Å². The van der Waals surface area contributed by atoms with Crippen molar-refractivity contribution in [3.8, 4) is 0 Å². The van der Waals surface area contributed by atoms with Crippen molar-refractivity contribution in [2.45, 2.75) is 18.9 Å². The second-order valence-corrected chi connectivity index (χ2v) is 3.16. The number of nitrogens with two attached hydrogens (primary N) is 1. The van der Waals surface area contributed by atoms with Gasteiger partial charge in [0.05, 0.1) is 6.04 Å². The van der Waals surface area contributed by atoms with Crippen LogP contribution in [0, 0.1) is 0 Å². The predicted molar refractivity (Wildman–Crippen MR) is 51.2 cm³/mol. The molecular weight excluding hydrogens is 267 g/mol. The molecule has 0 aliphatic carbocycles. The van der Waals surface area contributed by atoms with Gasteiger partial charge >= 0.3 is 0 Å². The lowest BCUT2D eigenvalue weighted by Crippen LogP contribution is -2.12. The smallest absolute Gasteiger partial charge is 0.240 e. The van der Waals surface area contributed by atoms with Crippen molar-refractivity contribution in [1.82, 2.24) is 0 Å². The Morgan fingerprint density at radius 2 is 2.08 bits per heavy atom. The van der Waals surface area contributed by atoms with E-state index < -0.39 is 12.5 Å². The third kappa shape index (κ3) is 4.06. The molecule has 2 nitrogen and oxygen atoms in total. The number of alkyl halides is 2. The highest BCUT2D eigenvalue weighted by Crippen LogP contribution is 2.22. The summed E-state index contributed by atoms with van der Waals surface area (Å²) < 4.78 is 29.2. The zero-order chi connectivity index (χ0) is 9.14. The molecule has 1 rings (SSSR count).